The number of amides is 2. The van der Waals surface area contributed by atoms with Crippen LogP contribution < -0.4 is 0 Å². The van der Waals surface area contributed by atoms with E-state index in [1.807, 2.05) is 0 Å². The van der Waals surface area contributed by atoms with Gasteiger partial charge in [0.2, 0.25) is 5.69 Å². The van der Waals surface area contributed by atoms with Gasteiger partial charge in [0.05, 0.1) is 11.2 Å². The van der Waals surface area contributed by atoms with E-state index in [1.165, 1.54) is 24.3 Å². The standard InChI is InChI=1S/C10H6FN2O2/c11-7-1-3-8(4-2-7)13-10(15)6-5-9(14)12-13/h1-6H/q+1. The summed E-state index contributed by atoms with van der Waals surface area (Å²) in [7, 11) is 0. The van der Waals surface area contributed by atoms with Crippen LogP contribution >= 0.6 is 0 Å². The Morgan fingerprint density at radius 3 is 2.40 bits per heavy atom. The highest BCUT2D eigenvalue weighted by Gasteiger charge is 2.25. The van der Waals surface area contributed by atoms with E-state index in [9.17, 15) is 14.0 Å². The van der Waals surface area contributed by atoms with E-state index < -0.39 is 17.6 Å². The Kier molecular flexibility index (Phi) is 2.21. The molecule has 2 amide bonds. The fourth-order valence-electron chi connectivity index (χ4n) is 1.16. The zero-order valence-corrected chi connectivity index (χ0v) is 7.55. The minimum Gasteiger partial charge on any atom is -0.261 e. The molecule has 0 radical (unpaired) electrons. The molecule has 5 heteroatoms. The summed E-state index contributed by atoms with van der Waals surface area (Å²) in [4.78, 5) is 22.3. The fourth-order valence-corrected chi connectivity index (χ4v) is 1.16. The van der Waals surface area contributed by atoms with Crippen molar-refractivity contribution in [3.63, 3.8) is 0 Å². The first kappa shape index (κ1) is 9.39. The van der Waals surface area contributed by atoms with Crippen LogP contribution in [0, 0.1) is 5.82 Å². The largest absolute Gasteiger partial charge is 0.443 e. The van der Waals surface area contributed by atoms with Crippen molar-refractivity contribution in [2.24, 2.45) is 5.11 Å². The molecular formula is C10H6FN2O2+. The molecule has 2 rings (SSSR count). The van der Waals surface area contributed by atoms with Crippen LogP contribution in [0.2, 0.25) is 0 Å². The first-order chi connectivity index (χ1) is 7.16. The van der Waals surface area contributed by atoms with Crippen LogP contribution in [-0.2, 0) is 9.59 Å². The highest BCUT2D eigenvalue weighted by atomic mass is 19.1. The third-order valence-electron chi connectivity index (χ3n) is 1.85. The molecule has 15 heavy (non-hydrogen) atoms. The van der Waals surface area contributed by atoms with E-state index in [0.717, 1.165) is 16.8 Å². The molecule has 1 aromatic rings. The van der Waals surface area contributed by atoms with E-state index in [2.05, 4.69) is 5.11 Å². The lowest BCUT2D eigenvalue weighted by atomic mass is 10.3. The van der Waals surface area contributed by atoms with Gasteiger partial charge in [0, 0.05) is 18.2 Å². The molecule has 1 heterocycles. The van der Waals surface area contributed by atoms with E-state index in [1.54, 1.807) is 0 Å². The SMILES string of the molecule is O=C1C=CC(=O)[N+](c2ccc(F)cc2)=N1. The van der Waals surface area contributed by atoms with Gasteiger partial charge in [-0.2, -0.15) is 0 Å². The van der Waals surface area contributed by atoms with Crippen molar-refractivity contribution < 1.29 is 18.7 Å². The zero-order chi connectivity index (χ0) is 10.8. The highest BCUT2D eigenvalue weighted by molar-refractivity contribution is 5.97. The number of halogens is 1. The maximum absolute atomic E-state index is 12.6. The number of benzene rings is 1. The predicted octanol–water partition coefficient (Wildman–Crippen LogP) is 1.54. The average molecular weight is 205 g/mol. The van der Waals surface area contributed by atoms with E-state index >= 15 is 0 Å². The summed E-state index contributed by atoms with van der Waals surface area (Å²) in [5, 5.41) is 3.50. The second kappa shape index (κ2) is 3.53. The second-order valence-electron chi connectivity index (χ2n) is 2.90. The summed E-state index contributed by atoms with van der Waals surface area (Å²) in [6, 6.07) is 5.15. The molecule has 0 atom stereocenters. The number of carbonyl (C=O) groups is 2. The van der Waals surface area contributed by atoms with E-state index in [4.69, 9.17) is 0 Å². The number of carbonyl (C=O) groups excluding carboxylic acids is 2. The third-order valence-corrected chi connectivity index (χ3v) is 1.85. The summed E-state index contributed by atoms with van der Waals surface area (Å²) in [6.45, 7) is 0. The normalized spacial score (nSPS) is 15.4. The number of hydrogen-bond acceptors (Lipinski definition) is 2. The van der Waals surface area contributed by atoms with Crippen molar-refractivity contribution >= 4 is 17.5 Å². The van der Waals surface area contributed by atoms with Crippen molar-refractivity contribution in [1.82, 2.24) is 0 Å². The van der Waals surface area contributed by atoms with Crippen molar-refractivity contribution in [1.29, 1.82) is 0 Å². The Labute approximate surface area is 84.3 Å². The molecule has 0 saturated heterocycles. The number of rotatable bonds is 1. The quantitative estimate of drug-likeness (QED) is 0.653. The van der Waals surface area contributed by atoms with Crippen LogP contribution in [0.3, 0.4) is 0 Å². The number of nitrogens with zero attached hydrogens (tertiary/aromatic N) is 2. The van der Waals surface area contributed by atoms with Crippen LogP contribution in [0.4, 0.5) is 10.1 Å². The third kappa shape index (κ3) is 1.85. The highest BCUT2D eigenvalue weighted by Crippen LogP contribution is 2.15. The molecule has 0 aromatic heterocycles. The molecular weight excluding hydrogens is 199 g/mol. The van der Waals surface area contributed by atoms with Gasteiger partial charge in [-0.05, 0) is 16.8 Å². The maximum Gasteiger partial charge on any atom is 0.443 e. The van der Waals surface area contributed by atoms with Gasteiger partial charge in [0.25, 0.3) is 0 Å². The van der Waals surface area contributed by atoms with Crippen LogP contribution in [-0.4, -0.2) is 16.5 Å². The van der Waals surface area contributed by atoms with Crippen LogP contribution in [0.1, 0.15) is 0 Å². The van der Waals surface area contributed by atoms with Gasteiger partial charge < -0.3 is 0 Å². The number of hydrogen-bond donors (Lipinski definition) is 0. The van der Waals surface area contributed by atoms with Crippen LogP contribution in [0.5, 0.6) is 0 Å². The lowest BCUT2D eigenvalue weighted by molar-refractivity contribution is -0.425. The molecule has 0 aliphatic carbocycles. The van der Waals surface area contributed by atoms with Gasteiger partial charge >= 0.3 is 11.8 Å². The monoisotopic (exact) mass is 205 g/mol. The Morgan fingerprint density at radius 2 is 1.73 bits per heavy atom. The first-order valence-electron chi connectivity index (χ1n) is 4.20. The Balaban J connectivity index is 2.43. The van der Waals surface area contributed by atoms with E-state index in [0.29, 0.717) is 5.69 Å². The zero-order valence-electron chi connectivity index (χ0n) is 7.55. The average Bonchev–Trinajstić information content (AvgIpc) is 2.23. The number of azo groups is 2. The van der Waals surface area contributed by atoms with E-state index in [-0.39, 0.29) is 0 Å². The summed E-state index contributed by atoms with van der Waals surface area (Å²) >= 11 is 0. The first-order valence-corrected chi connectivity index (χ1v) is 4.20. The summed E-state index contributed by atoms with van der Waals surface area (Å²) < 4.78 is 13.5. The Morgan fingerprint density at radius 1 is 1.07 bits per heavy atom. The van der Waals surface area contributed by atoms with Gasteiger partial charge in [-0.1, -0.05) is 0 Å². The molecule has 0 N–H and O–H groups in total. The van der Waals surface area contributed by atoms with Crippen molar-refractivity contribution in [3.8, 4) is 0 Å². The van der Waals surface area contributed by atoms with Gasteiger partial charge in [-0.15, -0.1) is 0 Å². The molecule has 0 fully saturated rings. The minimum absolute atomic E-state index is 0.360. The molecule has 0 spiro atoms. The van der Waals surface area contributed by atoms with Crippen molar-refractivity contribution in [2.75, 3.05) is 0 Å². The van der Waals surface area contributed by atoms with Crippen molar-refractivity contribution in [2.45, 2.75) is 0 Å². The molecule has 1 aliphatic rings. The lowest BCUT2D eigenvalue weighted by Gasteiger charge is -1.96. The molecule has 0 bridgehead atoms. The van der Waals surface area contributed by atoms with Gasteiger partial charge in [-0.3, -0.25) is 4.79 Å². The minimum atomic E-state index is -0.515. The molecule has 1 aromatic carbocycles. The van der Waals surface area contributed by atoms with Crippen LogP contribution in [0.15, 0.2) is 41.5 Å². The van der Waals surface area contributed by atoms with Crippen LogP contribution in [0.25, 0.3) is 0 Å². The Hall–Kier alpha value is -2.17. The van der Waals surface area contributed by atoms with Gasteiger partial charge in [0.15, 0.2) is 0 Å². The second-order valence-corrected chi connectivity index (χ2v) is 2.90. The predicted molar refractivity (Wildman–Crippen MR) is 47.9 cm³/mol. The molecule has 74 valence electrons. The fraction of sp³-hybridized carbons (Fsp3) is 0. The summed E-state index contributed by atoms with van der Waals surface area (Å²) in [5.74, 6) is -1.36. The summed E-state index contributed by atoms with van der Waals surface area (Å²) in [6.07, 6.45) is 2.21. The summed E-state index contributed by atoms with van der Waals surface area (Å²) in [5.41, 5.74) is 0.360. The smallest absolute Gasteiger partial charge is 0.261 e. The topological polar surface area (TPSA) is 49.5 Å². The van der Waals surface area contributed by atoms with Gasteiger partial charge in [0.1, 0.15) is 5.82 Å². The molecule has 1 aliphatic heterocycles. The molecule has 0 saturated carbocycles. The maximum atomic E-state index is 12.6. The molecule has 4 nitrogen and oxygen atoms in total. The molecule has 0 unspecified atom stereocenters. The Bertz CT molecular complexity index is 489. The van der Waals surface area contributed by atoms with Gasteiger partial charge in [-0.25, -0.2) is 9.18 Å². The lowest BCUT2D eigenvalue weighted by Crippen LogP contribution is -2.17. The van der Waals surface area contributed by atoms with Crippen molar-refractivity contribution in [3.05, 3.63) is 42.2 Å².